The summed E-state index contributed by atoms with van der Waals surface area (Å²) in [5, 5.41) is 11.9. The highest BCUT2D eigenvalue weighted by Crippen LogP contribution is 2.02. The van der Waals surface area contributed by atoms with Crippen molar-refractivity contribution in [3.05, 3.63) is 77.8 Å². The molecule has 0 fully saturated rings. The Morgan fingerprint density at radius 2 is 2.04 bits per heavy atom. The zero-order valence-electron chi connectivity index (χ0n) is 12.9. The van der Waals surface area contributed by atoms with E-state index in [0.717, 1.165) is 16.0 Å². The van der Waals surface area contributed by atoms with Gasteiger partial charge >= 0.3 is 5.97 Å². The van der Waals surface area contributed by atoms with Crippen LogP contribution < -0.4 is 0 Å². The van der Waals surface area contributed by atoms with Crippen molar-refractivity contribution in [2.24, 2.45) is 0 Å². The maximum absolute atomic E-state index is 11.9. The van der Waals surface area contributed by atoms with Gasteiger partial charge in [0.25, 0.3) is 0 Å². The normalized spacial score (nSPS) is 11.2. The standard InChI is InChI=1S/C18H20N2O3/c1-2-11-19-12-6-9-17(19)14-20(22)13-10-18(21)23-15-16-7-4-3-5-8-16/h2-9,12,14H,1,10-11,13,15H2/b20-14-. The van der Waals surface area contributed by atoms with E-state index in [-0.39, 0.29) is 25.5 Å². The Morgan fingerprint density at radius 3 is 2.78 bits per heavy atom. The number of esters is 1. The number of rotatable bonds is 8. The van der Waals surface area contributed by atoms with Crippen molar-refractivity contribution < 1.29 is 14.3 Å². The second-order valence-electron chi connectivity index (χ2n) is 5.04. The lowest BCUT2D eigenvalue weighted by atomic mass is 10.2. The lowest BCUT2D eigenvalue weighted by Gasteiger charge is -2.07. The van der Waals surface area contributed by atoms with Crippen LogP contribution in [-0.4, -0.2) is 28.0 Å². The zero-order chi connectivity index (χ0) is 16.5. The van der Waals surface area contributed by atoms with Gasteiger partial charge in [0, 0.05) is 12.7 Å². The topological polar surface area (TPSA) is 57.3 Å². The number of hydroxylamine groups is 1. The van der Waals surface area contributed by atoms with Crippen LogP contribution in [0.3, 0.4) is 0 Å². The molecule has 0 aliphatic heterocycles. The highest BCUT2D eigenvalue weighted by Gasteiger charge is 2.07. The molecule has 5 nitrogen and oxygen atoms in total. The summed E-state index contributed by atoms with van der Waals surface area (Å²) < 4.78 is 7.78. The predicted octanol–water partition coefficient (Wildman–Crippen LogP) is 2.74. The molecule has 0 bridgehead atoms. The van der Waals surface area contributed by atoms with Crippen molar-refractivity contribution in [2.75, 3.05) is 6.54 Å². The summed E-state index contributed by atoms with van der Waals surface area (Å²) in [5.41, 5.74) is 1.70. The molecule has 0 atom stereocenters. The molecule has 0 unspecified atom stereocenters. The SMILES string of the molecule is C=CCn1cccc1/C=[N+](\[O-])CCC(=O)OCc1ccccc1. The number of aromatic nitrogens is 1. The molecular weight excluding hydrogens is 292 g/mol. The lowest BCUT2D eigenvalue weighted by molar-refractivity contribution is -0.451. The van der Waals surface area contributed by atoms with E-state index in [1.807, 2.05) is 53.2 Å². The average molecular weight is 312 g/mol. The summed E-state index contributed by atoms with van der Waals surface area (Å²) in [6.07, 6.45) is 5.14. The van der Waals surface area contributed by atoms with Crippen LogP contribution in [0, 0.1) is 5.21 Å². The van der Waals surface area contributed by atoms with Crippen molar-refractivity contribution in [1.82, 2.24) is 4.57 Å². The Balaban J connectivity index is 1.80. The van der Waals surface area contributed by atoms with Gasteiger partial charge < -0.3 is 14.5 Å². The van der Waals surface area contributed by atoms with Gasteiger partial charge in [0.2, 0.25) is 0 Å². The molecule has 0 saturated heterocycles. The number of carbonyl (C=O) groups excluding carboxylic acids is 1. The second-order valence-corrected chi connectivity index (χ2v) is 5.04. The van der Waals surface area contributed by atoms with E-state index in [4.69, 9.17) is 4.74 Å². The van der Waals surface area contributed by atoms with Gasteiger partial charge in [-0.05, 0) is 17.7 Å². The van der Waals surface area contributed by atoms with Crippen LogP contribution in [0.5, 0.6) is 0 Å². The molecule has 1 heterocycles. The quantitative estimate of drug-likeness (QED) is 0.188. The summed E-state index contributed by atoms with van der Waals surface area (Å²) in [6.45, 7) is 4.59. The molecule has 23 heavy (non-hydrogen) atoms. The molecule has 0 radical (unpaired) electrons. The Hall–Kier alpha value is -2.82. The minimum Gasteiger partial charge on any atom is -0.624 e. The molecule has 2 rings (SSSR count). The molecule has 0 amide bonds. The fraction of sp³-hybridized carbons (Fsp3) is 0.222. The first-order chi connectivity index (χ1) is 11.2. The van der Waals surface area contributed by atoms with Gasteiger partial charge in [-0.3, -0.25) is 4.79 Å². The van der Waals surface area contributed by atoms with Crippen molar-refractivity contribution in [3.63, 3.8) is 0 Å². The zero-order valence-corrected chi connectivity index (χ0v) is 12.9. The van der Waals surface area contributed by atoms with E-state index in [0.29, 0.717) is 6.54 Å². The number of nitrogens with zero attached hydrogens (tertiary/aromatic N) is 2. The molecule has 0 N–H and O–H groups in total. The van der Waals surface area contributed by atoms with Crippen molar-refractivity contribution in [1.29, 1.82) is 0 Å². The monoisotopic (exact) mass is 312 g/mol. The highest BCUT2D eigenvalue weighted by molar-refractivity contribution is 5.73. The van der Waals surface area contributed by atoms with E-state index >= 15 is 0 Å². The summed E-state index contributed by atoms with van der Waals surface area (Å²) in [7, 11) is 0. The minimum absolute atomic E-state index is 0.0506. The summed E-state index contributed by atoms with van der Waals surface area (Å²) in [4.78, 5) is 11.7. The van der Waals surface area contributed by atoms with Gasteiger partial charge in [-0.2, -0.15) is 0 Å². The van der Waals surface area contributed by atoms with Gasteiger partial charge in [-0.15, -0.1) is 6.58 Å². The Kier molecular flexibility index (Phi) is 6.17. The Bertz CT molecular complexity index is 675. The highest BCUT2D eigenvalue weighted by atomic mass is 16.5. The molecule has 0 aliphatic rings. The van der Waals surface area contributed by atoms with Gasteiger partial charge in [0.1, 0.15) is 18.7 Å². The fourth-order valence-corrected chi connectivity index (χ4v) is 2.07. The van der Waals surface area contributed by atoms with Crippen LogP contribution in [0.1, 0.15) is 17.7 Å². The summed E-state index contributed by atoms with van der Waals surface area (Å²) in [5.74, 6) is -0.385. The average Bonchev–Trinajstić information content (AvgIpc) is 2.99. The van der Waals surface area contributed by atoms with E-state index in [2.05, 4.69) is 6.58 Å². The number of hydrogen-bond donors (Lipinski definition) is 0. The molecule has 1 aromatic carbocycles. The van der Waals surface area contributed by atoms with E-state index in [9.17, 15) is 10.0 Å². The Morgan fingerprint density at radius 1 is 1.26 bits per heavy atom. The van der Waals surface area contributed by atoms with E-state index < -0.39 is 0 Å². The molecular formula is C18H20N2O3. The van der Waals surface area contributed by atoms with Gasteiger partial charge in [0.15, 0.2) is 12.8 Å². The molecule has 0 aliphatic carbocycles. The minimum atomic E-state index is -0.385. The van der Waals surface area contributed by atoms with Gasteiger partial charge in [-0.25, -0.2) is 4.74 Å². The largest absolute Gasteiger partial charge is 0.624 e. The number of ether oxygens (including phenoxy) is 1. The van der Waals surface area contributed by atoms with E-state index in [1.54, 1.807) is 6.08 Å². The molecule has 2 aromatic rings. The molecule has 0 saturated carbocycles. The molecule has 5 heteroatoms. The summed E-state index contributed by atoms with van der Waals surface area (Å²) >= 11 is 0. The van der Waals surface area contributed by atoms with Crippen molar-refractivity contribution in [2.45, 2.75) is 19.6 Å². The predicted molar refractivity (Wildman–Crippen MR) is 89.1 cm³/mol. The molecule has 1 aromatic heterocycles. The Labute approximate surface area is 135 Å². The second kappa shape index (κ2) is 8.58. The van der Waals surface area contributed by atoms with Crippen molar-refractivity contribution >= 4 is 12.2 Å². The van der Waals surface area contributed by atoms with Crippen molar-refractivity contribution in [3.8, 4) is 0 Å². The third-order valence-electron chi connectivity index (χ3n) is 3.25. The van der Waals surface area contributed by atoms with Crippen LogP contribution in [0.2, 0.25) is 0 Å². The van der Waals surface area contributed by atoms with Crippen LogP contribution in [-0.2, 0) is 22.7 Å². The third kappa shape index (κ3) is 5.47. The van der Waals surface area contributed by atoms with E-state index in [1.165, 1.54) is 6.21 Å². The first-order valence-electron chi connectivity index (χ1n) is 7.43. The maximum atomic E-state index is 11.9. The van der Waals surface area contributed by atoms with Gasteiger partial charge in [0.05, 0.1) is 0 Å². The maximum Gasteiger partial charge on any atom is 0.312 e. The number of allylic oxidation sites excluding steroid dienone is 1. The van der Waals surface area contributed by atoms with Crippen LogP contribution in [0.4, 0.5) is 0 Å². The molecule has 0 spiro atoms. The van der Waals surface area contributed by atoms with Crippen LogP contribution >= 0.6 is 0 Å². The number of hydrogen-bond acceptors (Lipinski definition) is 3. The fourth-order valence-electron chi connectivity index (χ4n) is 2.07. The van der Waals surface area contributed by atoms with Crippen LogP contribution in [0.25, 0.3) is 0 Å². The number of carbonyl (C=O) groups is 1. The van der Waals surface area contributed by atoms with Crippen LogP contribution in [0.15, 0.2) is 61.3 Å². The summed E-state index contributed by atoms with van der Waals surface area (Å²) in [6, 6.07) is 13.1. The van der Waals surface area contributed by atoms with Gasteiger partial charge in [-0.1, -0.05) is 36.4 Å². The smallest absolute Gasteiger partial charge is 0.312 e. The lowest BCUT2D eigenvalue weighted by Crippen LogP contribution is -2.15. The molecule has 120 valence electrons. The number of benzene rings is 1. The first kappa shape index (κ1) is 16.5. The first-order valence-corrected chi connectivity index (χ1v) is 7.43. The third-order valence-corrected chi connectivity index (χ3v) is 3.25.